The predicted molar refractivity (Wildman–Crippen MR) is 315 cm³/mol. The van der Waals surface area contributed by atoms with Crippen molar-refractivity contribution in [2.24, 2.45) is 0 Å². The van der Waals surface area contributed by atoms with Crippen LogP contribution in [0.3, 0.4) is 0 Å². The van der Waals surface area contributed by atoms with Crippen molar-refractivity contribution in [3.63, 3.8) is 0 Å². The van der Waals surface area contributed by atoms with E-state index in [0.29, 0.717) is 19.3 Å². The van der Waals surface area contributed by atoms with Gasteiger partial charge in [-0.25, -0.2) is 0 Å². The number of carbonyl (C=O) groups is 3. The van der Waals surface area contributed by atoms with E-state index in [1.807, 2.05) is 0 Å². The van der Waals surface area contributed by atoms with Crippen molar-refractivity contribution < 1.29 is 28.6 Å². The molecule has 6 heteroatoms. The molecule has 0 bridgehead atoms. The standard InChI is InChI=1S/C67H106O6/c1-4-7-10-13-16-19-22-25-27-29-31-33-35-37-39-42-45-48-51-54-57-60-66(69)72-63-64(62-71-65(68)59-56-53-50-47-44-41-24-21-18-15-12-9-6-3)73-67(70)61-58-55-52-49-46-43-40-38-36-34-32-30-28-26-23-20-17-14-11-8-5-2/h7,9-10,12,16,18-19,21,23,25-27,30-33,36-39,41,44-45,48,64H,4-6,8,11,13-15,17,20,22,24,28-29,34-35,40,42-43,46-47,49-63H2,1-3H3/b10-7-,12-9-,19-16-,21-18-,26-23-,27-25-,32-30-,33-31-,38-36-,39-37-,44-41-,48-45-. The van der Waals surface area contributed by atoms with Crippen LogP contribution in [-0.4, -0.2) is 37.2 Å². The van der Waals surface area contributed by atoms with Crippen LogP contribution in [0.1, 0.15) is 239 Å². The maximum absolute atomic E-state index is 12.9. The molecule has 0 aliphatic rings. The van der Waals surface area contributed by atoms with E-state index in [-0.39, 0.29) is 37.5 Å². The molecule has 0 aliphatic heterocycles. The van der Waals surface area contributed by atoms with Gasteiger partial charge >= 0.3 is 17.9 Å². The van der Waals surface area contributed by atoms with Gasteiger partial charge in [-0.1, -0.05) is 224 Å². The predicted octanol–water partition coefficient (Wildman–Crippen LogP) is 20.0. The summed E-state index contributed by atoms with van der Waals surface area (Å²) in [6, 6.07) is 0. The van der Waals surface area contributed by atoms with Crippen molar-refractivity contribution in [2.45, 2.75) is 245 Å². The van der Waals surface area contributed by atoms with Gasteiger partial charge in [0.25, 0.3) is 0 Å². The Labute approximate surface area is 448 Å². The third-order valence-electron chi connectivity index (χ3n) is 11.8. The summed E-state index contributed by atoms with van der Waals surface area (Å²) in [5.74, 6) is -1.01. The molecular weight excluding hydrogens is 901 g/mol. The zero-order chi connectivity index (χ0) is 52.9. The second-order valence-electron chi connectivity index (χ2n) is 18.8. The molecule has 0 spiro atoms. The van der Waals surface area contributed by atoms with Crippen molar-refractivity contribution in [2.75, 3.05) is 13.2 Å². The largest absolute Gasteiger partial charge is 0.462 e. The number of rotatable bonds is 51. The quantitative estimate of drug-likeness (QED) is 0.0261. The summed E-state index contributed by atoms with van der Waals surface area (Å²) < 4.78 is 16.8. The average Bonchev–Trinajstić information content (AvgIpc) is 3.39. The van der Waals surface area contributed by atoms with Crippen LogP contribution in [0.5, 0.6) is 0 Å². The minimum Gasteiger partial charge on any atom is -0.462 e. The fourth-order valence-electron chi connectivity index (χ4n) is 7.47. The van der Waals surface area contributed by atoms with Gasteiger partial charge in [0.15, 0.2) is 6.10 Å². The van der Waals surface area contributed by atoms with Crippen molar-refractivity contribution in [3.8, 4) is 0 Å². The molecule has 0 fully saturated rings. The highest BCUT2D eigenvalue weighted by molar-refractivity contribution is 5.71. The van der Waals surface area contributed by atoms with Crippen LogP contribution in [0, 0.1) is 0 Å². The number of ether oxygens (including phenoxy) is 3. The molecule has 410 valence electrons. The van der Waals surface area contributed by atoms with Crippen LogP contribution in [0.2, 0.25) is 0 Å². The maximum atomic E-state index is 12.9. The molecule has 0 aromatic heterocycles. The zero-order valence-corrected chi connectivity index (χ0v) is 46.8. The minimum atomic E-state index is -0.823. The molecule has 0 aliphatic carbocycles. The van der Waals surface area contributed by atoms with Crippen LogP contribution >= 0.6 is 0 Å². The Kier molecular flexibility index (Phi) is 56.0. The van der Waals surface area contributed by atoms with Crippen LogP contribution in [0.4, 0.5) is 0 Å². The number of carbonyl (C=O) groups excluding carboxylic acids is 3. The molecule has 0 N–H and O–H groups in total. The summed E-state index contributed by atoms with van der Waals surface area (Å²) in [5, 5.41) is 0. The van der Waals surface area contributed by atoms with Gasteiger partial charge in [-0.3, -0.25) is 14.4 Å². The van der Waals surface area contributed by atoms with Crippen LogP contribution in [-0.2, 0) is 28.6 Å². The molecule has 0 radical (unpaired) electrons. The Morgan fingerprint density at radius 3 is 0.877 bits per heavy atom. The molecule has 0 heterocycles. The molecule has 0 aromatic rings. The molecular formula is C67H106O6. The number of hydrogen-bond acceptors (Lipinski definition) is 6. The van der Waals surface area contributed by atoms with Crippen LogP contribution in [0.25, 0.3) is 0 Å². The molecule has 73 heavy (non-hydrogen) atoms. The van der Waals surface area contributed by atoms with Gasteiger partial charge in [0.05, 0.1) is 0 Å². The normalized spacial score (nSPS) is 13.2. The summed E-state index contributed by atoms with van der Waals surface area (Å²) in [4.78, 5) is 38.2. The fourth-order valence-corrected chi connectivity index (χ4v) is 7.47. The van der Waals surface area contributed by atoms with Gasteiger partial charge in [-0.2, -0.15) is 0 Å². The van der Waals surface area contributed by atoms with Gasteiger partial charge in [-0.15, -0.1) is 0 Å². The minimum absolute atomic E-state index is 0.119. The molecule has 6 nitrogen and oxygen atoms in total. The van der Waals surface area contributed by atoms with Gasteiger partial charge < -0.3 is 14.2 Å². The van der Waals surface area contributed by atoms with E-state index >= 15 is 0 Å². The van der Waals surface area contributed by atoms with E-state index < -0.39 is 6.10 Å². The fraction of sp³-hybridized carbons (Fsp3) is 0.597. The molecule has 0 aromatic carbocycles. The second kappa shape index (κ2) is 59.8. The van der Waals surface area contributed by atoms with Gasteiger partial charge in [0, 0.05) is 19.3 Å². The Hall–Kier alpha value is -4.71. The SMILES string of the molecule is CC/C=C\C/C=C\C/C=C\C/C=C\C/C=C\C/C=C\CCCCC(=O)OCC(COC(=O)CCCCC/C=C\C/C=C\C/C=C\CC)OC(=O)CCCCCCCC/C=C\C/C=C\C/C=C\CCCCCCC. The summed E-state index contributed by atoms with van der Waals surface area (Å²) >= 11 is 0. The lowest BCUT2D eigenvalue weighted by molar-refractivity contribution is -0.167. The molecule has 0 saturated heterocycles. The first-order chi connectivity index (χ1) is 36.0. The highest BCUT2D eigenvalue weighted by atomic mass is 16.6. The van der Waals surface area contributed by atoms with Crippen molar-refractivity contribution in [3.05, 3.63) is 146 Å². The van der Waals surface area contributed by atoms with Crippen LogP contribution in [0.15, 0.2) is 146 Å². The topological polar surface area (TPSA) is 78.9 Å². The van der Waals surface area contributed by atoms with E-state index in [1.165, 1.54) is 51.4 Å². The Morgan fingerprint density at radius 1 is 0.288 bits per heavy atom. The lowest BCUT2D eigenvalue weighted by Gasteiger charge is -2.18. The third-order valence-corrected chi connectivity index (χ3v) is 11.8. The summed E-state index contributed by atoms with van der Waals surface area (Å²) in [7, 11) is 0. The molecule has 1 atom stereocenters. The van der Waals surface area contributed by atoms with E-state index in [4.69, 9.17) is 14.2 Å². The van der Waals surface area contributed by atoms with E-state index in [2.05, 4.69) is 167 Å². The smallest absolute Gasteiger partial charge is 0.306 e. The lowest BCUT2D eigenvalue weighted by Crippen LogP contribution is -2.30. The van der Waals surface area contributed by atoms with E-state index in [9.17, 15) is 14.4 Å². The number of allylic oxidation sites excluding steroid dienone is 24. The second-order valence-corrected chi connectivity index (χ2v) is 18.8. The van der Waals surface area contributed by atoms with Crippen LogP contribution < -0.4 is 0 Å². The first-order valence-corrected chi connectivity index (χ1v) is 29.3. The highest BCUT2D eigenvalue weighted by Crippen LogP contribution is 2.13. The number of hydrogen-bond donors (Lipinski definition) is 0. The first kappa shape index (κ1) is 68.3. The van der Waals surface area contributed by atoms with Gasteiger partial charge in [0.2, 0.25) is 0 Å². The van der Waals surface area contributed by atoms with Crippen molar-refractivity contribution in [1.29, 1.82) is 0 Å². The maximum Gasteiger partial charge on any atom is 0.306 e. The summed E-state index contributed by atoms with van der Waals surface area (Å²) in [5.41, 5.74) is 0. The Morgan fingerprint density at radius 2 is 0.534 bits per heavy atom. The highest BCUT2D eigenvalue weighted by Gasteiger charge is 2.19. The van der Waals surface area contributed by atoms with E-state index in [1.54, 1.807) is 0 Å². The number of esters is 3. The average molecular weight is 1010 g/mol. The van der Waals surface area contributed by atoms with Crippen molar-refractivity contribution >= 4 is 17.9 Å². The van der Waals surface area contributed by atoms with Crippen molar-refractivity contribution in [1.82, 2.24) is 0 Å². The molecule has 0 rings (SSSR count). The lowest BCUT2D eigenvalue weighted by atomic mass is 10.1. The molecule has 0 saturated carbocycles. The molecule has 1 unspecified atom stereocenters. The molecule has 0 amide bonds. The Bertz CT molecular complexity index is 1630. The van der Waals surface area contributed by atoms with E-state index in [0.717, 1.165) is 141 Å². The van der Waals surface area contributed by atoms with Gasteiger partial charge in [-0.05, 0) is 141 Å². The number of unbranched alkanes of at least 4 members (excludes halogenated alkanes) is 16. The zero-order valence-electron chi connectivity index (χ0n) is 46.8. The summed E-state index contributed by atoms with van der Waals surface area (Å²) in [6.07, 6.45) is 85.6. The Balaban J connectivity index is 4.53. The van der Waals surface area contributed by atoms with Gasteiger partial charge in [0.1, 0.15) is 13.2 Å². The third kappa shape index (κ3) is 58.1. The monoisotopic (exact) mass is 1010 g/mol. The summed E-state index contributed by atoms with van der Waals surface area (Å²) in [6.45, 7) is 6.31. The first-order valence-electron chi connectivity index (χ1n) is 29.3.